The number of aryl methyl sites for hydroxylation is 1. The molecule has 4 rings (SSSR count). The number of hydrogen-bond donors (Lipinski definition) is 1. The number of fused-ring (bicyclic) bond motifs is 1. The van der Waals surface area contributed by atoms with Gasteiger partial charge in [-0.15, -0.1) is 0 Å². The fourth-order valence-electron chi connectivity index (χ4n) is 3.34. The third-order valence-corrected chi connectivity index (χ3v) is 5.62. The van der Waals surface area contributed by atoms with Crippen LogP contribution in [0.3, 0.4) is 0 Å². The summed E-state index contributed by atoms with van der Waals surface area (Å²) in [6.45, 7) is 2.25. The first-order valence-corrected chi connectivity index (χ1v) is 9.89. The number of halogens is 3. The van der Waals surface area contributed by atoms with Gasteiger partial charge in [0.2, 0.25) is 5.78 Å². The van der Waals surface area contributed by atoms with Gasteiger partial charge in [-0.1, -0.05) is 53.0 Å². The summed E-state index contributed by atoms with van der Waals surface area (Å²) in [5.41, 5.74) is 11.2. The van der Waals surface area contributed by atoms with E-state index in [0.29, 0.717) is 33.8 Å². The van der Waals surface area contributed by atoms with Gasteiger partial charge < -0.3 is 5.73 Å². The van der Waals surface area contributed by atoms with E-state index in [1.54, 1.807) is 6.07 Å². The van der Waals surface area contributed by atoms with Gasteiger partial charge in [0.25, 0.3) is 0 Å². The Balaban J connectivity index is 2.02. The highest BCUT2D eigenvalue weighted by atomic mass is 35.5. The van der Waals surface area contributed by atoms with Crippen molar-refractivity contribution >= 4 is 46.2 Å². The van der Waals surface area contributed by atoms with Crippen molar-refractivity contribution in [2.75, 3.05) is 0 Å². The molecule has 28 heavy (non-hydrogen) atoms. The lowest BCUT2D eigenvalue weighted by atomic mass is 10.0. The molecule has 2 N–H and O–H groups in total. The molecule has 0 atom stereocenters. The Labute approximate surface area is 178 Å². The molecule has 2 heterocycles. The van der Waals surface area contributed by atoms with Gasteiger partial charge in [-0.25, -0.2) is 9.97 Å². The van der Waals surface area contributed by atoms with Crippen molar-refractivity contribution in [1.82, 2.24) is 14.4 Å². The van der Waals surface area contributed by atoms with Crippen molar-refractivity contribution in [2.45, 2.75) is 19.9 Å². The Morgan fingerprint density at radius 1 is 1.14 bits per heavy atom. The molecule has 0 bridgehead atoms. The minimum absolute atomic E-state index is 0.325. The molecule has 0 saturated carbocycles. The highest BCUT2D eigenvalue weighted by Gasteiger charge is 2.19. The summed E-state index contributed by atoms with van der Waals surface area (Å²) in [7, 11) is 0. The number of benzene rings is 1. The second-order valence-electron chi connectivity index (χ2n) is 6.47. The van der Waals surface area contributed by atoms with Crippen molar-refractivity contribution in [1.29, 1.82) is 0 Å². The monoisotopic (exact) mass is 430 g/mol. The Kier molecular flexibility index (Phi) is 5.30. The first-order valence-electron chi connectivity index (χ1n) is 8.76. The van der Waals surface area contributed by atoms with Gasteiger partial charge >= 0.3 is 0 Å². The van der Waals surface area contributed by atoms with Crippen molar-refractivity contribution in [3.05, 3.63) is 80.7 Å². The molecule has 0 amide bonds. The van der Waals surface area contributed by atoms with E-state index in [1.807, 2.05) is 54.0 Å². The van der Waals surface area contributed by atoms with Gasteiger partial charge in [-0.3, -0.25) is 4.40 Å². The average molecular weight is 432 g/mol. The van der Waals surface area contributed by atoms with Gasteiger partial charge in [0, 0.05) is 45.2 Å². The number of nitrogens with two attached hydrogens (primary N) is 1. The first-order chi connectivity index (χ1) is 13.5. The Hall–Kier alpha value is -2.11. The lowest BCUT2D eigenvalue weighted by molar-refractivity contribution is 0.963. The number of hydrogen-bond acceptors (Lipinski definition) is 3. The van der Waals surface area contributed by atoms with Gasteiger partial charge in [0.05, 0.1) is 16.4 Å². The molecule has 1 aliphatic rings. The number of allylic oxidation sites excluding steroid dienone is 6. The van der Waals surface area contributed by atoms with E-state index in [4.69, 9.17) is 45.5 Å². The molecule has 0 saturated heterocycles. The molecule has 3 aromatic rings. The van der Waals surface area contributed by atoms with Crippen LogP contribution < -0.4 is 5.73 Å². The fraction of sp³-hybridized carbons (Fsp3) is 0.143. The molecular formula is C21H17Cl3N4. The minimum Gasteiger partial charge on any atom is -0.326 e. The van der Waals surface area contributed by atoms with E-state index in [2.05, 4.69) is 4.98 Å². The molecule has 1 aromatic carbocycles. The van der Waals surface area contributed by atoms with Gasteiger partial charge in [-0.05, 0) is 37.6 Å². The van der Waals surface area contributed by atoms with E-state index < -0.39 is 0 Å². The maximum atomic E-state index is 6.52. The normalized spacial score (nSPS) is 14.2. The van der Waals surface area contributed by atoms with Crippen molar-refractivity contribution in [3.63, 3.8) is 0 Å². The molecule has 0 unspecified atom stereocenters. The zero-order chi connectivity index (χ0) is 19.8. The predicted molar refractivity (Wildman–Crippen MR) is 117 cm³/mol. The van der Waals surface area contributed by atoms with E-state index in [0.717, 1.165) is 33.8 Å². The third-order valence-electron chi connectivity index (χ3n) is 4.72. The van der Waals surface area contributed by atoms with E-state index in [1.165, 1.54) is 0 Å². The van der Waals surface area contributed by atoms with Crippen LogP contribution in [-0.2, 0) is 6.54 Å². The zero-order valence-electron chi connectivity index (χ0n) is 15.1. The molecular weight excluding hydrogens is 415 g/mol. The minimum atomic E-state index is 0.325. The molecule has 0 aliphatic heterocycles. The average Bonchev–Trinajstić information content (AvgIpc) is 2.94. The number of aromatic nitrogens is 3. The second kappa shape index (κ2) is 7.72. The summed E-state index contributed by atoms with van der Waals surface area (Å²) in [6.07, 6.45) is 10.4. The molecule has 2 aromatic heterocycles. The molecule has 0 fully saturated rings. The quantitative estimate of drug-likeness (QED) is 0.558. The summed E-state index contributed by atoms with van der Waals surface area (Å²) < 4.78 is 1.93. The molecule has 1 aliphatic carbocycles. The van der Waals surface area contributed by atoms with Crippen LogP contribution in [0.4, 0.5) is 0 Å². The lowest BCUT2D eigenvalue weighted by Crippen LogP contribution is -2.08. The highest BCUT2D eigenvalue weighted by molar-refractivity contribution is 6.36. The Morgan fingerprint density at radius 2 is 1.96 bits per heavy atom. The third kappa shape index (κ3) is 3.38. The zero-order valence-corrected chi connectivity index (χ0v) is 17.4. The lowest BCUT2D eigenvalue weighted by Gasteiger charge is -2.14. The van der Waals surface area contributed by atoms with Crippen molar-refractivity contribution in [2.24, 2.45) is 5.73 Å². The van der Waals surface area contributed by atoms with Crippen LogP contribution >= 0.6 is 34.8 Å². The smallest absolute Gasteiger partial charge is 0.235 e. The first kappa shape index (κ1) is 19.2. The predicted octanol–water partition coefficient (Wildman–Crippen LogP) is 5.94. The van der Waals surface area contributed by atoms with Gasteiger partial charge in [0.15, 0.2) is 0 Å². The molecule has 142 valence electrons. The van der Waals surface area contributed by atoms with E-state index in [-0.39, 0.29) is 0 Å². The van der Waals surface area contributed by atoms with E-state index >= 15 is 0 Å². The topological polar surface area (TPSA) is 56.2 Å². The number of nitrogens with zero attached hydrogens (tertiary/aromatic N) is 3. The van der Waals surface area contributed by atoms with Crippen molar-refractivity contribution in [3.8, 4) is 11.3 Å². The molecule has 0 spiro atoms. The summed E-state index contributed by atoms with van der Waals surface area (Å²) in [5, 5.41) is 1.78. The van der Waals surface area contributed by atoms with E-state index in [9.17, 15) is 0 Å². The van der Waals surface area contributed by atoms with Gasteiger partial charge in [-0.2, -0.15) is 0 Å². The Morgan fingerprint density at radius 3 is 2.71 bits per heavy atom. The number of rotatable bonds is 3. The highest BCUT2D eigenvalue weighted by Crippen LogP contribution is 2.35. The summed E-state index contributed by atoms with van der Waals surface area (Å²) in [4.78, 5) is 9.37. The molecule has 0 radical (unpaired) electrons. The van der Waals surface area contributed by atoms with Crippen LogP contribution in [-0.4, -0.2) is 14.4 Å². The maximum absolute atomic E-state index is 6.52. The van der Waals surface area contributed by atoms with Crippen molar-refractivity contribution < 1.29 is 0 Å². The van der Waals surface area contributed by atoms with Crippen LogP contribution in [0.5, 0.6) is 0 Å². The maximum Gasteiger partial charge on any atom is 0.235 e. The van der Waals surface area contributed by atoms with Crippen LogP contribution in [0.25, 0.3) is 22.6 Å². The standard InChI is InChI=1S/C21H17Cl3N4/c1-12-16(10-25)20(15-8-7-13(22)9-18(15)24)28-11-19(27-21(28)26-12)14-5-3-2-4-6-17(14)23/h2-4,6-9,11H,5,10,25H2,1H3. The summed E-state index contributed by atoms with van der Waals surface area (Å²) in [6, 6.07) is 5.42. The largest absolute Gasteiger partial charge is 0.326 e. The van der Waals surface area contributed by atoms with Crippen LogP contribution in [0.1, 0.15) is 23.4 Å². The van der Waals surface area contributed by atoms with Crippen LogP contribution in [0, 0.1) is 6.92 Å². The van der Waals surface area contributed by atoms with Crippen LogP contribution in [0.2, 0.25) is 10.0 Å². The SMILES string of the molecule is Cc1nc2nc(C3=C(Cl)C=CC=CC3)cn2c(-c2ccc(Cl)cc2Cl)c1CN. The summed E-state index contributed by atoms with van der Waals surface area (Å²) >= 11 is 19.1. The van der Waals surface area contributed by atoms with Gasteiger partial charge in [0.1, 0.15) is 0 Å². The summed E-state index contributed by atoms with van der Waals surface area (Å²) in [5.74, 6) is 0.569. The second-order valence-corrected chi connectivity index (χ2v) is 7.72. The molecule has 4 nitrogen and oxygen atoms in total. The fourth-order valence-corrected chi connectivity index (χ4v) is 4.09. The Bertz CT molecular complexity index is 1170. The molecule has 7 heteroatoms. The van der Waals surface area contributed by atoms with Crippen LogP contribution in [0.15, 0.2) is 53.7 Å². The number of imidazole rings is 1.